The van der Waals surface area contributed by atoms with Gasteiger partial charge in [0.05, 0.1) is 6.54 Å². The van der Waals surface area contributed by atoms with Crippen molar-refractivity contribution in [3.8, 4) is 0 Å². The van der Waals surface area contributed by atoms with E-state index < -0.39 is 0 Å². The van der Waals surface area contributed by atoms with Crippen LogP contribution in [0.3, 0.4) is 0 Å². The first-order valence-electron chi connectivity index (χ1n) is 5.85. The topological polar surface area (TPSA) is 24.8 Å². The number of thioether (sulfide) groups is 1. The molecule has 0 saturated carbocycles. The van der Waals surface area contributed by atoms with E-state index >= 15 is 0 Å². The van der Waals surface area contributed by atoms with Gasteiger partial charge in [0.2, 0.25) is 0 Å². The second kappa shape index (κ2) is 6.26. The van der Waals surface area contributed by atoms with Crippen molar-refractivity contribution in [2.24, 2.45) is 10.9 Å². The third-order valence-corrected chi connectivity index (χ3v) is 5.58. The van der Waals surface area contributed by atoms with E-state index in [0.717, 1.165) is 37.6 Å². The maximum atomic E-state index is 5.38. The molecule has 0 aromatic heterocycles. The van der Waals surface area contributed by atoms with Gasteiger partial charge in [-0.2, -0.15) is 0 Å². The summed E-state index contributed by atoms with van der Waals surface area (Å²) in [6, 6.07) is 0. The number of ether oxygens (including phenoxy) is 1. The van der Waals surface area contributed by atoms with Gasteiger partial charge in [-0.15, -0.1) is 0 Å². The minimum absolute atomic E-state index is 0.632. The summed E-state index contributed by atoms with van der Waals surface area (Å²) in [5.41, 5.74) is 0. The Labute approximate surface area is 110 Å². The second-order valence-electron chi connectivity index (χ2n) is 4.45. The summed E-state index contributed by atoms with van der Waals surface area (Å²) in [5, 5.41) is 2.89. The zero-order valence-corrected chi connectivity index (χ0v) is 12.1. The molecule has 3 nitrogen and oxygen atoms in total. The Morgan fingerprint density at radius 2 is 2.25 bits per heavy atom. The molecular formula is C11H19BrN2OS. The lowest BCUT2D eigenvalue weighted by Crippen LogP contribution is -2.32. The highest BCUT2D eigenvalue weighted by Gasteiger charge is 2.23. The fourth-order valence-corrected chi connectivity index (χ4v) is 3.60. The van der Waals surface area contributed by atoms with E-state index in [1.807, 2.05) is 11.8 Å². The largest absolute Gasteiger partial charge is 0.381 e. The van der Waals surface area contributed by atoms with Gasteiger partial charge in [-0.3, -0.25) is 4.99 Å². The van der Waals surface area contributed by atoms with E-state index in [9.17, 15) is 0 Å². The Hall–Kier alpha value is 0.260. The molecule has 0 spiro atoms. The number of hydrogen-bond acceptors (Lipinski definition) is 4. The van der Waals surface area contributed by atoms with Crippen molar-refractivity contribution in [1.82, 2.24) is 4.90 Å². The summed E-state index contributed by atoms with van der Waals surface area (Å²) in [6.07, 6.45) is 2.40. The summed E-state index contributed by atoms with van der Waals surface area (Å²) in [5.74, 6) is 0.782. The van der Waals surface area contributed by atoms with E-state index in [1.165, 1.54) is 18.0 Å². The predicted octanol–water partition coefficient (Wildman–Crippen LogP) is 2.21. The average Bonchev–Trinajstić information content (AvgIpc) is 2.79. The summed E-state index contributed by atoms with van der Waals surface area (Å²) in [7, 11) is 2.16. The Bertz CT molecular complexity index is 256. The van der Waals surface area contributed by atoms with E-state index in [0.29, 0.717) is 5.25 Å². The zero-order chi connectivity index (χ0) is 11.4. The van der Waals surface area contributed by atoms with Crippen LogP contribution in [0.4, 0.5) is 0 Å². The van der Waals surface area contributed by atoms with Gasteiger partial charge in [-0.1, -0.05) is 27.7 Å². The van der Waals surface area contributed by atoms with Crippen LogP contribution < -0.4 is 0 Å². The molecule has 0 aromatic carbocycles. The van der Waals surface area contributed by atoms with Gasteiger partial charge >= 0.3 is 0 Å². The third-order valence-electron chi connectivity index (χ3n) is 3.07. The lowest BCUT2D eigenvalue weighted by molar-refractivity contribution is 0.0614. The van der Waals surface area contributed by atoms with Crippen LogP contribution in [-0.4, -0.2) is 54.0 Å². The predicted molar refractivity (Wildman–Crippen MR) is 73.6 cm³/mol. The van der Waals surface area contributed by atoms with E-state index in [2.05, 4.69) is 32.9 Å². The van der Waals surface area contributed by atoms with Crippen molar-refractivity contribution in [2.45, 2.75) is 18.1 Å². The van der Waals surface area contributed by atoms with E-state index in [-0.39, 0.29) is 0 Å². The molecule has 0 N–H and O–H groups in total. The molecule has 1 fully saturated rings. The smallest absolute Gasteiger partial charge is 0.159 e. The summed E-state index contributed by atoms with van der Waals surface area (Å²) >= 11 is 5.43. The minimum atomic E-state index is 0.632. The van der Waals surface area contributed by atoms with Crippen LogP contribution in [0.5, 0.6) is 0 Å². The van der Waals surface area contributed by atoms with Crippen LogP contribution >= 0.6 is 27.7 Å². The molecule has 2 heterocycles. The fourth-order valence-electron chi connectivity index (χ4n) is 2.09. The zero-order valence-electron chi connectivity index (χ0n) is 9.69. The second-order valence-corrected chi connectivity index (χ2v) is 6.37. The molecular weight excluding hydrogens is 288 g/mol. The van der Waals surface area contributed by atoms with Crippen LogP contribution in [0, 0.1) is 5.92 Å². The number of rotatable bonds is 3. The molecule has 1 unspecified atom stereocenters. The van der Waals surface area contributed by atoms with Crippen molar-refractivity contribution in [2.75, 3.05) is 38.7 Å². The van der Waals surface area contributed by atoms with Crippen LogP contribution in [0.1, 0.15) is 12.8 Å². The number of alkyl halides is 1. The molecule has 0 radical (unpaired) electrons. The first-order chi connectivity index (χ1) is 7.79. The summed E-state index contributed by atoms with van der Waals surface area (Å²) in [6.45, 7) is 3.96. The molecule has 92 valence electrons. The molecule has 1 atom stereocenters. The van der Waals surface area contributed by atoms with Crippen molar-refractivity contribution in [3.63, 3.8) is 0 Å². The standard InChI is InChI=1S/C11H19BrN2OS/c1-14(8-9-2-4-15-5-3-9)11-13-7-10(6-12)16-11/h9-10H,2-8H2,1H3. The Morgan fingerprint density at radius 3 is 2.88 bits per heavy atom. The van der Waals surface area contributed by atoms with Crippen LogP contribution in [-0.2, 0) is 4.74 Å². The number of nitrogens with zero attached hydrogens (tertiary/aromatic N) is 2. The first-order valence-corrected chi connectivity index (χ1v) is 7.85. The molecule has 0 aromatic rings. The highest BCUT2D eigenvalue weighted by molar-refractivity contribution is 9.09. The van der Waals surface area contributed by atoms with Gasteiger partial charge in [0.1, 0.15) is 0 Å². The number of aliphatic imine (C=N–C) groups is 1. The van der Waals surface area contributed by atoms with Crippen LogP contribution in [0.15, 0.2) is 4.99 Å². The van der Waals surface area contributed by atoms with Crippen molar-refractivity contribution in [3.05, 3.63) is 0 Å². The van der Waals surface area contributed by atoms with Crippen molar-refractivity contribution >= 4 is 32.9 Å². The van der Waals surface area contributed by atoms with Crippen molar-refractivity contribution < 1.29 is 4.74 Å². The normalized spacial score (nSPS) is 26.9. The van der Waals surface area contributed by atoms with Crippen LogP contribution in [0.2, 0.25) is 0 Å². The molecule has 16 heavy (non-hydrogen) atoms. The fraction of sp³-hybridized carbons (Fsp3) is 0.909. The van der Waals surface area contributed by atoms with E-state index in [1.54, 1.807) is 0 Å². The maximum absolute atomic E-state index is 5.38. The molecule has 2 aliphatic heterocycles. The first kappa shape index (κ1) is 12.7. The van der Waals surface area contributed by atoms with Gasteiger partial charge < -0.3 is 9.64 Å². The SMILES string of the molecule is CN(CC1CCOCC1)C1=NCC(CBr)S1. The van der Waals surface area contributed by atoms with Crippen molar-refractivity contribution in [1.29, 1.82) is 0 Å². The lowest BCUT2D eigenvalue weighted by Gasteiger charge is -2.28. The van der Waals surface area contributed by atoms with Gasteiger partial charge in [0.15, 0.2) is 5.17 Å². The maximum Gasteiger partial charge on any atom is 0.159 e. The molecule has 2 rings (SSSR count). The highest BCUT2D eigenvalue weighted by Crippen LogP contribution is 2.25. The quantitative estimate of drug-likeness (QED) is 0.747. The highest BCUT2D eigenvalue weighted by atomic mass is 79.9. The van der Waals surface area contributed by atoms with E-state index in [4.69, 9.17) is 4.74 Å². The average molecular weight is 307 g/mol. The summed E-state index contributed by atoms with van der Waals surface area (Å²) in [4.78, 5) is 6.92. The van der Waals surface area contributed by atoms with Crippen LogP contribution in [0.25, 0.3) is 0 Å². The molecule has 1 saturated heterocycles. The Balaban J connectivity index is 1.77. The number of hydrogen-bond donors (Lipinski definition) is 0. The van der Waals surface area contributed by atoms with Gasteiger partial charge in [-0.25, -0.2) is 0 Å². The summed E-state index contributed by atoms with van der Waals surface area (Å²) < 4.78 is 5.38. The third kappa shape index (κ3) is 3.37. The van der Waals surface area contributed by atoms with Gasteiger partial charge in [0, 0.05) is 37.4 Å². The minimum Gasteiger partial charge on any atom is -0.381 e. The number of halogens is 1. The molecule has 0 aliphatic carbocycles. The molecule has 2 aliphatic rings. The Kier molecular flexibility index (Phi) is 4.97. The molecule has 5 heteroatoms. The monoisotopic (exact) mass is 306 g/mol. The van der Waals surface area contributed by atoms with Gasteiger partial charge in [-0.05, 0) is 18.8 Å². The Morgan fingerprint density at radius 1 is 1.50 bits per heavy atom. The van der Waals surface area contributed by atoms with Gasteiger partial charge in [0.25, 0.3) is 0 Å². The lowest BCUT2D eigenvalue weighted by atomic mass is 10.0. The number of amidine groups is 1. The molecule has 0 bridgehead atoms. The molecule has 0 amide bonds.